The summed E-state index contributed by atoms with van der Waals surface area (Å²) in [7, 11) is 0. The molecule has 2 rings (SSSR count). The van der Waals surface area contributed by atoms with Gasteiger partial charge in [0.1, 0.15) is 5.82 Å². The third-order valence-corrected chi connectivity index (χ3v) is 2.95. The van der Waals surface area contributed by atoms with Crippen LogP contribution in [0.5, 0.6) is 0 Å². The first-order valence-corrected chi connectivity index (χ1v) is 5.59. The summed E-state index contributed by atoms with van der Waals surface area (Å²) in [4.78, 5) is 14.6. The fourth-order valence-corrected chi connectivity index (χ4v) is 1.95. The van der Waals surface area contributed by atoms with E-state index in [1.54, 1.807) is 6.92 Å². The molecule has 0 atom stereocenters. The van der Waals surface area contributed by atoms with Crippen LogP contribution in [0.4, 0.5) is 0 Å². The maximum absolute atomic E-state index is 10.7. The predicted octanol–water partition coefficient (Wildman–Crippen LogP) is 1.88. The van der Waals surface area contributed by atoms with E-state index < -0.39 is 5.97 Å². The molecule has 2 aromatic rings. The van der Waals surface area contributed by atoms with Crippen LogP contribution in [0.15, 0.2) is 24.3 Å². The summed E-state index contributed by atoms with van der Waals surface area (Å²) in [5.41, 5.74) is 0.834. The topological polar surface area (TPSA) is 68.0 Å². The maximum Gasteiger partial charge on any atom is 0.375 e. The molecular formula is C10H8IN3O2. The van der Waals surface area contributed by atoms with Gasteiger partial charge in [-0.3, -0.25) is 0 Å². The lowest BCUT2D eigenvalue weighted by Gasteiger charge is -2.04. The second kappa shape index (κ2) is 4.20. The van der Waals surface area contributed by atoms with Crippen LogP contribution in [-0.4, -0.2) is 25.8 Å². The van der Waals surface area contributed by atoms with E-state index in [0.29, 0.717) is 5.82 Å². The summed E-state index contributed by atoms with van der Waals surface area (Å²) in [6.07, 6.45) is 0. The number of nitrogens with zero attached hydrogens (tertiary/aromatic N) is 3. The van der Waals surface area contributed by atoms with E-state index in [1.165, 1.54) is 4.68 Å². The number of para-hydroxylation sites is 1. The van der Waals surface area contributed by atoms with E-state index in [2.05, 4.69) is 32.7 Å². The number of carbonyl (C=O) groups is 1. The highest BCUT2D eigenvalue weighted by Crippen LogP contribution is 2.17. The Bertz CT molecular complexity index is 551. The highest BCUT2D eigenvalue weighted by atomic mass is 127. The Hall–Kier alpha value is -1.44. The molecule has 0 amide bonds. The first-order valence-electron chi connectivity index (χ1n) is 4.51. The standard InChI is InChI=1S/C10H8IN3O2/c1-6-12-9(10(15)16)13-14(6)8-5-3-2-4-7(8)11/h2-5H,1H3,(H,15,16). The first-order chi connectivity index (χ1) is 7.59. The average molecular weight is 329 g/mol. The van der Waals surface area contributed by atoms with Crippen molar-refractivity contribution in [3.63, 3.8) is 0 Å². The fourth-order valence-electron chi connectivity index (χ4n) is 1.33. The second-order valence-electron chi connectivity index (χ2n) is 3.15. The van der Waals surface area contributed by atoms with Crippen LogP contribution in [0.25, 0.3) is 5.69 Å². The Morgan fingerprint density at radius 1 is 1.44 bits per heavy atom. The average Bonchev–Trinajstić information content (AvgIpc) is 2.61. The van der Waals surface area contributed by atoms with E-state index >= 15 is 0 Å². The minimum Gasteiger partial charge on any atom is -0.475 e. The Kier molecular flexibility index (Phi) is 2.90. The molecule has 5 nitrogen and oxygen atoms in total. The van der Waals surface area contributed by atoms with Gasteiger partial charge in [0.2, 0.25) is 0 Å². The van der Waals surface area contributed by atoms with Gasteiger partial charge in [0.05, 0.1) is 5.69 Å². The van der Waals surface area contributed by atoms with Gasteiger partial charge in [-0.1, -0.05) is 12.1 Å². The Morgan fingerprint density at radius 2 is 2.12 bits per heavy atom. The highest BCUT2D eigenvalue weighted by molar-refractivity contribution is 14.1. The van der Waals surface area contributed by atoms with E-state index in [4.69, 9.17) is 5.11 Å². The summed E-state index contributed by atoms with van der Waals surface area (Å²) in [6, 6.07) is 7.58. The molecule has 0 saturated heterocycles. The van der Waals surface area contributed by atoms with E-state index in [1.807, 2.05) is 24.3 Å². The molecule has 0 aliphatic rings. The number of hydrogen-bond donors (Lipinski definition) is 1. The molecule has 0 bridgehead atoms. The van der Waals surface area contributed by atoms with Crippen LogP contribution in [0.2, 0.25) is 0 Å². The Balaban J connectivity index is 2.57. The van der Waals surface area contributed by atoms with Crippen molar-refractivity contribution in [2.45, 2.75) is 6.92 Å². The molecule has 1 aromatic carbocycles. The van der Waals surface area contributed by atoms with Crippen LogP contribution in [-0.2, 0) is 0 Å². The van der Waals surface area contributed by atoms with Gasteiger partial charge in [-0.25, -0.2) is 14.5 Å². The fraction of sp³-hybridized carbons (Fsp3) is 0.100. The normalized spacial score (nSPS) is 10.4. The third-order valence-electron chi connectivity index (χ3n) is 2.04. The summed E-state index contributed by atoms with van der Waals surface area (Å²) in [6.45, 7) is 1.72. The number of aromatic carboxylic acids is 1. The summed E-state index contributed by atoms with van der Waals surface area (Å²) in [5, 5.41) is 12.7. The molecule has 6 heteroatoms. The van der Waals surface area contributed by atoms with Crippen LogP contribution in [0, 0.1) is 10.5 Å². The number of aryl methyl sites for hydroxylation is 1. The maximum atomic E-state index is 10.7. The summed E-state index contributed by atoms with van der Waals surface area (Å²) >= 11 is 2.17. The number of rotatable bonds is 2. The minimum absolute atomic E-state index is 0.183. The number of aromatic nitrogens is 3. The van der Waals surface area contributed by atoms with Crippen molar-refractivity contribution in [3.05, 3.63) is 39.5 Å². The van der Waals surface area contributed by atoms with Crippen molar-refractivity contribution in [2.24, 2.45) is 0 Å². The molecule has 0 spiro atoms. The number of carboxylic acid groups (broad SMARTS) is 1. The van der Waals surface area contributed by atoms with Crippen molar-refractivity contribution in [2.75, 3.05) is 0 Å². The van der Waals surface area contributed by atoms with Crippen molar-refractivity contribution in [3.8, 4) is 5.69 Å². The van der Waals surface area contributed by atoms with Crippen LogP contribution in [0.1, 0.15) is 16.4 Å². The first kappa shape index (κ1) is 11.1. The van der Waals surface area contributed by atoms with Gasteiger partial charge in [0.25, 0.3) is 5.82 Å². The van der Waals surface area contributed by atoms with Crippen molar-refractivity contribution < 1.29 is 9.90 Å². The molecule has 1 aromatic heterocycles. The minimum atomic E-state index is -1.12. The number of carboxylic acids is 1. The molecular weight excluding hydrogens is 321 g/mol. The SMILES string of the molecule is Cc1nc(C(=O)O)nn1-c1ccccc1I. The second-order valence-corrected chi connectivity index (χ2v) is 4.31. The van der Waals surface area contributed by atoms with Crippen LogP contribution in [0.3, 0.4) is 0 Å². The largest absolute Gasteiger partial charge is 0.475 e. The molecule has 0 aliphatic carbocycles. The summed E-state index contributed by atoms with van der Waals surface area (Å²) in [5.74, 6) is -0.744. The zero-order valence-electron chi connectivity index (χ0n) is 8.38. The Labute approximate surface area is 105 Å². The van der Waals surface area contributed by atoms with Gasteiger partial charge >= 0.3 is 5.97 Å². The molecule has 0 aliphatic heterocycles. The zero-order valence-corrected chi connectivity index (χ0v) is 10.5. The van der Waals surface area contributed by atoms with Crippen molar-refractivity contribution in [1.82, 2.24) is 14.8 Å². The van der Waals surface area contributed by atoms with Crippen LogP contribution >= 0.6 is 22.6 Å². The van der Waals surface area contributed by atoms with Crippen molar-refractivity contribution >= 4 is 28.6 Å². The molecule has 1 heterocycles. The summed E-state index contributed by atoms with van der Waals surface area (Å²) < 4.78 is 2.52. The smallest absolute Gasteiger partial charge is 0.375 e. The van der Waals surface area contributed by atoms with Gasteiger partial charge < -0.3 is 5.11 Å². The molecule has 0 saturated carbocycles. The number of hydrogen-bond acceptors (Lipinski definition) is 3. The molecule has 0 fully saturated rings. The lowest BCUT2D eigenvalue weighted by atomic mass is 10.3. The lowest BCUT2D eigenvalue weighted by molar-refractivity contribution is 0.0683. The molecule has 82 valence electrons. The van der Waals surface area contributed by atoms with E-state index in [9.17, 15) is 4.79 Å². The molecule has 16 heavy (non-hydrogen) atoms. The third kappa shape index (κ3) is 1.92. The number of benzene rings is 1. The quantitative estimate of drug-likeness (QED) is 0.855. The molecule has 0 unspecified atom stereocenters. The van der Waals surface area contributed by atoms with Gasteiger partial charge in [-0.15, -0.1) is 5.10 Å². The van der Waals surface area contributed by atoms with Gasteiger partial charge in [0, 0.05) is 3.57 Å². The molecule has 1 N–H and O–H groups in total. The van der Waals surface area contributed by atoms with Gasteiger partial charge in [-0.05, 0) is 41.6 Å². The monoisotopic (exact) mass is 329 g/mol. The van der Waals surface area contributed by atoms with E-state index in [-0.39, 0.29) is 5.82 Å². The molecule has 0 radical (unpaired) electrons. The lowest BCUT2D eigenvalue weighted by Crippen LogP contribution is -2.03. The van der Waals surface area contributed by atoms with Gasteiger partial charge in [0.15, 0.2) is 0 Å². The van der Waals surface area contributed by atoms with E-state index in [0.717, 1.165) is 9.26 Å². The highest BCUT2D eigenvalue weighted by Gasteiger charge is 2.14. The zero-order chi connectivity index (χ0) is 11.7. The van der Waals surface area contributed by atoms with Crippen molar-refractivity contribution in [1.29, 1.82) is 0 Å². The predicted molar refractivity (Wildman–Crippen MR) is 65.8 cm³/mol. The van der Waals surface area contributed by atoms with Crippen LogP contribution < -0.4 is 0 Å². The van der Waals surface area contributed by atoms with Gasteiger partial charge in [-0.2, -0.15) is 0 Å². The Morgan fingerprint density at radius 3 is 2.69 bits per heavy atom. The number of halogens is 1.